The minimum atomic E-state index is -0.594. The van der Waals surface area contributed by atoms with Gasteiger partial charge in [0.2, 0.25) is 0 Å². The van der Waals surface area contributed by atoms with E-state index in [1.165, 1.54) is 12.1 Å². The van der Waals surface area contributed by atoms with Crippen molar-refractivity contribution in [3.63, 3.8) is 0 Å². The highest BCUT2D eigenvalue weighted by molar-refractivity contribution is 9.09. The van der Waals surface area contributed by atoms with Gasteiger partial charge < -0.3 is 5.32 Å². The van der Waals surface area contributed by atoms with E-state index in [-0.39, 0.29) is 21.3 Å². The van der Waals surface area contributed by atoms with E-state index in [0.717, 1.165) is 6.07 Å². The summed E-state index contributed by atoms with van der Waals surface area (Å²) in [6, 6.07) is 4.00. The third kappa shape index (κ3) is 3.68. The Morgan fingerprint density at radius 3 is 2.59 bits per heavy atom. The van der Waals surface area contributed by atoms with E-state index in [4.69, 9.17) is 11.6 Å². The average molecular weight is 323 g/mol. The molecule has 1 unspecified atom stereocenters. The molecule has 1 aromatic rings. The maximum absolute atomic E-state index is 13.2. The second-order valence-electron chi connectivity index (χ2n) is 4.42. The first kappa shape index (κ1) is 14.5. The largest absolute Gasteiger partial charge is 0.346 e. The van der Waals surface area contributed by atoms with Gasteiger partial charge in [-0.1, -0.05) is 34.5 Å². The highest BCUT2D eigenvalue weighted by Crippen LogP contribution is 2.19. The Morgan fingerprint density at radius 1 is 1.53 bits per heavy atom. The minimum Gasteiger partial charge on any atom is -0.346 e. The van der Waals surface area contributed by atoms with Crippen molar-refractivity contribution in [3.05, 3.63) is 34.6 Å². The van der Waals surface area contributed by atoms with Crippen molar-refractivity contribution >= 4 is 33.4 Å². The Bertz CT molecular complexity index is 435. The second-order valence-corrected chi connectivity index (χ2v) is 6.20. The van der Waals surface area contributed by atoms with Crippen LogP contribution in [0.5, 0.6) is 0 Å². The van der Waals surface area contributed by atoms with Crippen LogP contribution in [-0.4, -0.2) is 16.3 Å². The smallest absolute Gasteiger partial charge is 0.251 e. The Hall–Kier alpha value is -0.610. The lowest BCUT2D eigenvalue weighted by Crippen LogP contribution is -2.48. The summed E-state index contributed by atoms with van der Waals surface area (Å²) in [6.45, 7) is 5.70. The molecule has 5 heteroatoms. The SMILES string of the molecule is CC(Br)C(C)(C)NC(=O)c1ccc(Cl)c(F)c1. The number of hydrogen-bond acceptors (Lipinski definition) is 1. The first-order chi connectivity index (χ1) is 7.74. The van der Waals surface area contributed by atoms with Crippen LogP contribution in [0.25, 0.3) is 0 Å². The van der Waals surface area contributed by atoms with Crippen LogP contribution in [0.15, 0.2) is 18.2 Å². The lowest BCUT2D eigenvalue weighted by atomic mass is 10.0. The molecule has 1 rings (SSSR count). The Kier molecular flexibility index (Phi) is 4.55. The quantitative estimate of drug-likeness (QED) is 0.843. The second kappa shape index (κ2) is 5.36. The number of carbonyl (C=O) groups is 1. The van der Waals surface area contributed by atoms with Crippen LogP contribution < -0.4 is 5.32 Å². The molecular weight excluding hydrogens is 308 g/mol. The number of amides is 1. The standard InChI is InChI=1S/C12H14BrClFNO/c1-7(13)12(2,3)16-11(17)8-4-5-9(14)10(15)6-8/h4-7H,1-3H3,(H,16,17). The number of rotatable bonds is 3. The van der Waals surface area contributed by atoms with Gasteiger partial charge in [-0.2, -0.15) is 0 Å². The van der Waals surface area contributed by atoms with Crippen molar-refractivity contribution in [1.29, 1.82) is 0 Å². The van der Waals surface area contributed by atoms with E-state index in [1.54, 1.807) is 0 Å². The molecule has 17 heavy (non-hydrogen) atoms. The zero-order valence-corrected chi connectivity index (χ0v) is 12.2. The van der Waals surface area contributed by atoms with Gasteiger partial charge in [0.15, 0.2) is 0 Å². The summed E-state index contributed by atoms with van der Waals surface area (Å²) in [5.74, 6) is -0.916. The molecule has 2 nitrogen and oxygen atoms in total. The fourth-order valence-corrected chi connectivity index (χ4v) is 1.33. The fourth-order valence-electron chi connectivity index (χ4n) is 1.10. The van der Waals surface area contributed by atoms with Crippen LogP contribution in [0.2, 0.25) is 5.02 Å². The summed E-state index contributed by atoms with van der Waals surface area (Å²) < 4.78 is 13.2. The van der Waals surface area contributed by atoms with Crippen LogP contribution in [0, 0.1) is 5.82 Å². The molecule has 0 aliphatic carbocycles. The molecule has 0 bridgehead atoms. The number of benzene rings is 1. The molecule has 0 heterocycles. The molecule has 0 aromatic heterocycles. The fraction of sp³-hybridized carbons (Fsp3) is 0.417. The molecule has 0 aliphatic heterocycles. The zero-order chi connectivity index (χ0) is 13.2. The first-order valence-electron chi connectivity index (χ1n) is 5.15. The highest BCUT2D eigenvalue weighted by Gasteiger charge is 2.26. The summed E-state index contributed by atoms with van der Waals surface area (Å²) in [6.07, 6.45) is 0. The summed E-state index contributed by atoms with van der Waals surface area (Å²) in [4.78, 5) is 12.0. The molecule has 0 saturated carbocycles. The van der Waals surface area contributed by atoms with E-state index in [1.807, 2.05) is 20.8 Å². The Morgan fingerprint density at radius 2 is 2.12 bits per heavy atom. The van der Waals surface area contributed by atoms with Gasteiger partial charge in [0.25, 0.3) is 5.91 Å². The van der Waals surface area contributed by atoms with Gasteiger partial charge in [0.1, 0.15) is 5.82 Å². The molecule has 94 valence electrons. The van der Waals surface area contributed by atoms with Crippen LogP contribution in [0.3, 0.4) is 0 Å². The molecule has 0 saturated heterocycles. The van der Waals surface area contributed by atoms with E-state index in [2.05, 4.69) is 21.2 Å². The van der Waals surface area contributed by atoms with Crippen LogP contribution >= 0.6 is 27.5 Å². The third-order valence-electron chi connectivity index (χ3n) is 2.61. The number of carbonyl (C=O) groups excluding carboxylic acids is 1. The van der Waals surface area contributed by atoms with E-state index >= 15 is 0 Å². The molecule has 1 N–H and O–H groups in total. The molecule has 0 radical (unpaired) electrons. The normalized spacial score (nSPS) is 13.3. The van der Waals surface area contributed by atoms with Crippen molar-refractivity contribution in [2.75, 3.05) is 0 Å². The van der Waals surface area contributed by atoms with Crippen molar-refractivity contribution in [3.8, 4) is 0 Å². The van der Waals surface area contributed by atoms with Gasteiger partial charge in [-0.05, 0) is 32.0 Å². The Labute approximate surface area is 114 Å². The minimum absolute atomic E-state index is 0.00895. The molecule has 0 fully saturated rings. The van der Waals surface area contributed by atoms with Crippen LogP contribution in [0.4, 0.5) is 4.39 Å². The number of alkyl halides is 1. The van der Waals surface area contributed by atoms with Crippen molar-refractivity contribution in [2.45, 2.75) is 31.1 Å². The van der Waals surface area contributed by atoms with Gasteiger partial charge >= 0.3 is 0 Å². The number of halogens is 3. The summed E-state index contributed by atoms with van der Waals surface area (Å²) in [7, 11) is 0. The first-order valence-corrected chi connectivity index (χ1v) is 6.45. The van der Waals surface area contributed by atoms with Gasteiger partial charge in [0, 0.05) is 15.9 Å². The molecule has 1 atom stereocenters. The molecule has 0 spiro atoms. The maximum Gasteiger partial charge on any atom is 0.251 e. The molecule has 1 amide bonds. The topological polar surface area (TPSA) is 29.1 Å². The van der Waals surface area contributed by atoms with Gasteiger partial charge in [-0.15, -0.1) is 0 Å². The van der Waals surface area contributed by atoms with Crippen molar-refractivity contribution in [2.24, 2.45) is 0 Å². The van der Waals surface area contributed by atoms with E-state index < -0.39 is 11.4 Å². The zero-order valence-electron chi connectivity index (χ0n) is 9.85. The molecule has 1 aromatic carbocycles. The highest BCUT2D eigenvalue weighted by atomic mass is 79.9. The molecule has 0 aliphatic rings. The van der Waals surface area contributed by atoms with E-state index in [9.17, 15) is 9.18 Å². The summed E-state index contributed by atoms with van der Waals surface area (Å²) in [5.41, 5.74) is -0.166. The lowest BCUT2D eigenvalue weighted by molar-refractivity contribution is 0.0913. The number of nitrogens with one attached hydrogen (secondary N) is 1. The maximum atomic E-state index is 13.2. The monoisotopic (exact) mass is 321 g/mol. The van der Waals surface area contributed by atoms with Crippen LogP contribution in [-0.2, 0) is 0 Å². The average Bonchev–Trinajstić information content (AvgIpc) is 2.21. The van der Waals surface area contributed by atoms with Gasteiger partial charge in [0.05, 0.1) is 5.02 Å². The number of hydrogen-bond donors (Lipinski definition) is 1. The predicted octanol–water partition coefficient (Wildman–Crippen LogP) is 3.77. The van der Waals surface area contributed by atoms with Gasteiger partial charge in [-0.25, -0.2) is 4.39 Å². The van der Waals surface area contributed by atoms with Crippen molar-refractivity contribution in [1.82, 2.24) is 5.32 Å². The Balaban J connectivity index is 2.87. The summed E-state index contributed by atoms with van der Waals surface area (Å²) >= 11 is 8.97. The van der Waals surface area contributed by atoms with E-state index in [0.29, 0.717) is 0 Å². The lowest BCUT2D eigenvalue weighted by Gasteiger charge is -2.29. The van der Waals surface area contributed by atoms with Gasteiger partial charge in [-0.3, -0.25) is 4.79 Å². The predicted molar refractivity (Wildman–Crippen MR) is 71.3 cm³/mol. The summed E-state index contributed by atoms with van der Waals surface area (Å²) in [5, 5.41) is 2.83. The molecular formula is C12H14BrClFNO. The van der Waals surface area contributed by atoms with Crippen molar-refractivity contribution < 1.29 is 9.18 Å². The third-order valence-corrected chi connectivity index (χ3v) is 4.06. The van der Waals surface area contributed by atoms with Crippen LogP contribution in [0.1, 0.15) is 31.1 Å².